The number of hydrogen-bond acceptors (Lipinski definition) is 3. The van der Waals surface area contributed by atoms with Gasteiger partial charge in [-0.3, -0.25) is 0 Å². The van der Waals surface area contributed by atoms with Gasteiger partial charge >= 0.3 is 0 Å². The Morgan fingerprint density at radius 3 is 2.80 bits per heavy atom. The monoisotopic (exact) mass is 144 g/mol. The Morgan fingerprint density at radius 2 is 2.20 bits per heavy atom. The highest BCUT2D eigenvalue weighted by atomic mass is 16.7. The normalized spacial score (nSPS) is 8.60. The number of aliphatic hydroxyl groups excluding tert-OH is 1. The lowest BCUT2D eigenvalue weighted by molar-refractivity contribution is -0.0281. The van der Waals surface area contributed by atoms with Crippen LogP contribution >= 0.6 is 0 Å². The van der Waals surface area contributed by atoms with Crippen molar-refractivity contribution in [2.24, 2.45) is 0 Å². The summed E-state index contributed by atoms with van der Waals surface area (Å²) in [4.78, 5) is 0. The molecule has 3 nitrogen and oxygen atoms in total. The van der Waals surface area contributed by atoms with Crippen molar-refractivity contribution in [2.45, 2.75) is 6.42 Å². The van der Waals surface area contributed by atoms with Crippen LogP contribution in [0.5, 0.6) is 0 Å². The number of ether oxygens (including phenoxy) is 2. The van der Waals surface area contributed by atoms with Crippen LogP contribution < -0.4 is 0 Å². The fraction of sp³-hybridized carbons (Fsp3) is 0.714. The van der Waals surface area contributed by atoms with Crippen LogP contribution in [-0.4, -0.2) is 32.2 Å². The maximum Gasteiger partial charge on any atom is 0.146 e. The van der Waals surface area contributed by atoms with Crippen LogP contribution in [0, 0.1) is 11.8 Å². The second kappa shape index (κ2) is 8.44. The molecule has 0 aliphatic heterocycles. The van der Waals surface area contributed by atoms with Crippen LogP contribution in [0.2, 0.25) is 0 Å². The van der Waals surface area contributed by atoms with Crippen molar-refractivity contribution in [3.8, 4) is 11.8 Å². The Kier molecular flexibility index (Phi) is 7.97. The van der Waals surface area contributed by atoms with Crippen molar-refractivity contribution in [1.29, 1.82) is 0 Å². The number of aliphatic hydroxyl groups is 1. The van der Waals surface area contributed by atoms with E-state index in [0.717, 1.165) is 0 Å². The van der Waals surface area contributed by atoms with Crippen LogP contribution in [0.1, 0.15) is 6.42 Å². The van der Waals surface area contributed by atoms with Gasteiger partial charge in [-0.2, -0.15) is 0 Å². The predicted molar refractivity (Wildman–Crippen MR) is 37.3 cm³/mol. The lowest BCUT2D eigenvalue weighted by Gasteiger charge is -1.96. The van der Waals surface area contributed by atoms with E-state index in [-0.39, 0.29) is 6.61 Å². The molecule has 0 radical (unpaired) electrons. The summed E-state index contributed by atoms with van der Waals surface area (Å²) < 4.78 is 9.55. The van der Waals surface area contributed by atoms with Crippen LogP contribution in [0.3, 0.4) is 0 Å². The first kappa shape index (κ1) is 9.44. The van der Waals surface area contributed by atoms with Gasteiger partial charge in [-0.15, -0.1) is 0 Å². The quantitative estimate of drug-likeness (QED) is 0.343. The van der Waals surface area contributed by atoms with Crippen molar-refractivity contribution >= 4 is 0 Å². The fourth-order valence-electron chi connectivity index (χ4n) is 0.410. The summed E-state index contributed by atoms with van der Waals surface area (Å²) in [5.41, 5.74) is 0. The van der Waals surface area contributed by atoms with Crippen LogP contribution in [0.25, 0.3) is 0 Å². The average Bonchev–Trinajstić information content (AvgIpc) is 1.97. The van der Waals surface area contributed by atoms with Gasteiger partial charge in [0.05, 0.1) is 6.61 Å². The minimum atomic E-state index is -0.0791. The van der Waals surface area contributed by atoms with Crippen LogP contribution in [-0.2, 0) is 9.47 Å². The molecule has 0 aliphatic rings. The zero-order valence-corrected chi connectivity index (χ0v) is 6.09. The topological polar surface area (TPSA) is 38.7 Å². The summed E-state index contributed by atoms with van der Waals surface area (Å²) in [6, 6.07) is 0. The highest BCUT2D eigenvalue weighted by molar-refractivity contribution is 4.98. The third-order valence-corrected chi connectivity index (χ3v) is 0.777. The molecule has 0 saturated heterocycles. The van der Waals surface area contributed by atoms with Gasteiger partial charge in [0.1, 0.15) is 13.4 Å². The average molecular weight is 144 g/mol. The van der Waals surface area contributed by atoms with Crippen molar-refractivity contribution in [2.75, 3.05) is 27.1 Å². The summed E-state index contributed by atoms with van der Waals surface area (Å²) in [6.07, 6.45) is 0.643. The molecule has 0 saturated carbocycles. The van der Waals surface area contributed by atoms with Gasteiger partial charge in [-0.05, 0) is 0 Å². The fourth-order valence-corrected chi connectivity index (χ4v) is 0.410. The Bertz CT molecular complexity index is 112. The highest BCUT2D eigenvalue weighted by Crippen LogP contribution is 1.79. The first-order valence-corrected chi connectivity index (χ1v) is 3.05. The van der Waals surface area contributed by atoms with Gasteiger partial charge in [0.2, 0.25) is 0 Å². The molecule has 58 valence electrons. The maximum atomic E-state index is 8.23. The molecule has 3 heteroatoms. The highest BCUT2D eigenvalue weighted by Gasteiger charge is 1.80. The molecule has 0 bridgehead atoms. The second-order valence-electron chi connectivity index (χ2n) is 1.58. The molecule has 0 unspecified atom stereocenters. The number of methoxy groups -OCH3 is 1. The van der Waals surface area contributed by atoms with Gasteiger partial charge in [-0.1, -0.05) is 11.8 Å². The smallest absolute Gasteiger partial charge is 0.146 e. The van der Waals surface area contributed by atoms with Crippen molar-refractivity contribution in [1.82, 2.24) is 0 Å². The Morgan fingerprint density at radius 1 is 1.40 bits per heavy atom. The summed E-state index contributed by atoms with van der Waals surface area (Å²) in [7, 11) is 1.57. The lowest BCUT2D eigenvalue weighted by Crippen LogP contribution is -1.97. The molecule has 0 rings (SSSR count). The number of rotatable bonds is 4. The van der Waals surface area contributed by atoms with E-state index in [4.69, 9.17) is 9.84 Å². The minimum Gasteiger partial charge on any atom is -0.384 e. The molecule has 0 aliphatic carbocycles. The first-order valence-electron chi connectivity index (χ1n) is 3.05. The van der Waals surface area contributed by atoms with E-state index in [1.54, 1.807) is 7.11 Å². The predicted octanol–water partition coefficient (Wildman–Crippen LogP) is -0.00730. The summed E-state index contributed by atoms with van der Waals surface area (Å²) in [5, 5.41) is 8.23. The van der Waals surface area contributed by atoms with Crippen molar-refractivity contribution < 1.29 is 14.6 Å². The molecule has 0 amide bonds. The van der Waals surface area contributed by atoms with Gasteiger partial charge in [0.25, 0.3) is 0 Å². The van der Waals surface area contributed by atoms with Crippen molar-refractivity contribution in [3.05, 3.63) is 0 Å². The number of hydrogen-bond donors (Lipinski definition) is 1. The van der Waals surface area contributed by atoms with E-state index in [0.29, 0.717) is 19.8 Å². The molecule has 0 aromatic carbocycles. The van der Waals surface area contributed by atoms with E-state index in [9.17, 15) is 0 Å². The molecule has 0 aromatic heterocycles. The largest absolute Gasteiger partial charge is 0.384 e. The van der Waals surface area contributed by atoms with Gasteiger partial charge in [-0.25, -0.2) is 0 Å². The SMILES string of the molecule is COCOCCC#CCO. The molecular formula is C7H12O3. The molecule has 1 N–H and O–H groups in total. The first-order chi connectivity index (χ1) is 4.91. The Balaban J connectivity index is 2.90. The van der Waals surface area contributed by atoms with Gasteiger partial charge < -0.3 is 14.6 Å². The lowest BCUT2D eigenvalue weighted by atomic mass is 10.4. The van der Waals surface area contributed by atoms with Crippen LogP contribution in [0.15, 0.2) is 0 Å². The maximum absolute atomic E-state index is 8.23. The molecule has 10 heavy (non-hydrogen) atoms. The van der Waals surface area contributed by atoms with E-state index < -0.39 is 0 Å². The van der Waals surface area contributed by atoms with Gasteiger partial charge in [0, 0.05) is 13.5 Å². The minimum absolute atomic E-state index is 0.0791. The van der Waals surface area contributed by atoms with Crippen molar-refractivity contribution in [3.63, 3.8) is 0 Å². The Hall–Kier alpha value is -0.560. The zero-order chi connectivity index (χ0) is 7.66. The molecule has 0 fully saturated rings. The summed E-state index contributed by atoms with van der Waals surface area (Å²) >= 11 is 0. The molecule has 0 spiro atoms. The van der Waals surface area contributed by atoms with E-state index in [1.807, 2.05) is 0 Å². The standard InChI is InChI=1S/C7H12O3/c1-9-7-10-6-4-2-3-5-8/h8H,4-7H2,1H3. The third kappa shape index (κ3) is 7.44. The van der Waals surface area contributed by atoms with Crippen LogP contribution in [0.4, 0.5) is 0 Å². The molecule has 0 atom stereocenters. The molecule has 0 heterocycles. The van der Waals surface area contributed by atoms with Gasteiger partial charge in [0.15, 0.2) is 0 Å². The van der Waals surface area contributed by atoms with E-state index in [1.165, 1.54) is 0 Å². The summed E-state index contributed by atoms with van der Waals surface area (Å²) in [5.74, 6) is 5.22. The molecule has 0 aromatic rings. The summed E-state index contributed by atoms with van der Waals surface area (Å²) in [6.45, 7) is 0.784. The van der Waals surface area contributed by atoms with E-state index >= 15 is 0 Å². The third-order valence-electron chi connectivity index (χ3n) is 0.777. The van der Waals surface area contributed by atoms with E-state index in [2.05, 4.69) is 16.6 Å². The Labute approximate surface area is 60.9 Å². The molecular weight excluding hydrogens is 132 g/mol. The second-order valence-corrected chi connectivity index (χ2v) is 1.58. The zero-order valence-electron chi connectivity index (χ0n) is 6.09.